The lowest BCUT2D eigenvalue weighted by molar-refractivity contribution is -0.143. The van der Waals surface area contributed by atoms with Gasteiger partial charge in [-0.05, 0) is 54.2 Å². The second kappa shape index (κ2) is 14.0. The van der Waals surface area contributed by atoms with Crippen LogP contribution in [0.1, 0.15) is 55.7 Å². The van der Waals surface area contributed by atoms with Crippen LogP contribution in [0.3, 0.4) is 0 Å². The molecule has 0 aromatic heterocycles. The number of carbonyl (C=O) groups excluding carboxylic acids is 2. The van der Waals surface area contributed by atoms with E-state index in [1.807, 2.05) is 72.8 Å². The van der Waals surface area contributed by atoms with E-state index in [4.69, 9.17) is 16.3 Å². The third kappa shape index (κ3) is 7.84. The Morgan fingerprint density at radius 2 is 1.61 bits per heavy atom. The molecule has 0 saturated heterocycles. The van der Waals surface area contributed by atoms with Crippen LogP contribution in [-0.2, 0) is 29.0 Å². The lowest BCUT2D eigenvalue weighted by Crippen LogP contribution is -2.53. The van der Waals surface area contributed by atoms with E-state index in [-0.39, 0.29) is 31.0 Å². The molecule has 0 heterocycles. The van der Waals surface area contributed by atoms with Gasteiger partial charge >= 0.3 is 0 Å². The first-order valence-electron chi connectivity index (χ1n) is 13.6. The molecule has 2 amide bonds. The van der Waals surface area contributed by atoms with E-state index in [1.54, 1.807) is 11.0 Å². The van der Waals surface area contributed by atoms with Crippen LogP contribution < -0.4 is 10.1 Å². The molecule has 3 aromatic carbocycles. The van der Waals surface area contributed by atoms with E-state index in [2.05, 4.69) is 12.2 Å². The summed E-state index contributed by atoms with van der Waals surface area (Å²) in [7, 11) is 0. The molecule has 0 radical (unpaired) electrons. The maximum absolute atomic E-state index is 13.8. The fourth-order valence-electron chi connectivity index (χ4n) is 4.96. The van der Waals surface area contributed by atoms with Gasteiger partial charge < -0.3 is 15.0 Å². The van der Waals surface area contributed by atoms with Crippen molar-refractivity contribution in [3.05, 3.63) is 101 Å². The first-order chi connectivity index (χ1) is 18.5. The van der Waals surface area contributed by atoms with Gasteiger partial charge in [0.15, 0.2) is 6.61 Å². The summed E-state index contributed by atoms with van der Waals surface area (Å²) in [5.41, 5.74) is 2.98. The van der Waals surface area contributed by atoms with Crippen LogP contribution in [0.4, 0.5) is 0 Å². The van der Waals surface area contributed by atoms with Crippen molar-refractivity contribution in [3.63, 3.8) is 0 Å². The molecule has 1 saturated carbocycles. The Hall–Kier alpha value is -3.31. The number of hydrogen-bond acceptors (Lipinski definition) is 3. The number of benzene rings is 3. The quantitative estimate of drug-likeness (QED) is 0.312. The summed E-state index contributed by atoms with van der Waals surface area (Å²) < 4.78 is 5.89. The third-order valence-electron chi connectivity index (χ3n) is 7.22. The Morgan fingerprint density at radius 3 is 2.29 bits per heavy atom. The Kier molecular flexibility index (Phi) is 10.2. The number of aryl methyl sites for hydroxylation is 1. The number of ether oxygens (including phenoxy) is 1. The highest BCUT2D eigenvalue weighted by Crippen LogP contribution is 2.23. The minimum absolute atomic E-state index is 0.131. The van der Waals surface area contributed by atoms with Crippen molar-refractivity contribution in [2.45, 2.75) is 70.5 Å². The molecule has 1 fully saturated rings. The number of halogens is 1. The summed E-state index contributed by atoms with van der Waals surface area (Å²) in [6.07, 6.45) is 6.71. The molecule has 1 atom stereocenters. The molecule has 5 nitrogen and oxygen atoms in total. The minimum Gasteiger partial charge on any atom is -0.484 e. The van der Waals surface area contributed by atoms with Crippen LogP contribution in [0, 0.1) is 0 Å². The van der Waals surface area contributed by atoms with E-state index in [9.17, 15) is 9.59 Å². The van der Waals surface area contributed by atoms with Crippen molar-refractivity contribution in [2.75, 3.05) is 6.61 Å². The molecule has 0 aliphatic heterocycles. The summed E-state index contributed by atoms with van der Waals surface area (Å²) in [6.45, 7) is 2.14. The average molecular weight is 533 g/mol. The first kappa shape index (κ1) is 27.7. The van der Waals surface area contributed by atoms with Gasteiger partial charge in [0.2, 0.25) is 5.91 Å². The topological polar surface area (TPSA) is 58.6 Å². The predicted octanol–water partition coefficient (Wildman–Crippen LogP) is 6.37. The second-order valence-electron chi connectivity index (χ2n) is 9.95. The zero-order valence-electron chi connectivity index (χ0n) is 22.1. The van der Waals surface area contributed by atoms with Crippen molar-refractivity contribution >= 4 is 23.4 Å². The highest BCUT2D eigenvalue weighted by Gasteiger charge is 2.32. The van der Waals surface area contributed by atoms with Crippen molar-refractivity contribution in [1.29, 1.82) is 0 Å². The summed E-state index contributed by atoms with van der Waals surface area (Å²) in [5.74, 6) is 0.233. The molecular formula is C32H37ClN2O3. The van der Waals surface area contributed by atoms with Crippen LogP contribution in [0.25, 0.3) is 0 Å². The van der Waals surface area contributed by atoms with Crippen LogP contribution in [0.2, 0.25) is 5.02 Å². The SMILES string of the molecule is CCc1ccc(OCC(=O)N(Cc2ccccc2Cl)[C@@H](Cc2ccccc2)C(=O)NC2CCCCC2)cc1. The number of hydrogen-bond donors (Lipinski definition) is 1. The van der Waals surface area contributed by atoms with Crippen molar-refractivity contribution < 1.29 is 14.3 Å². The van der Waals surface area contributed by atoms with Gasteiger partial charge in [0.05, 0.1) is 0 Å². The molecule has 1 N–H and O–H groups in total. The van der Waals surface area contributed by atoms with Crippen LogP contribution in [0.5, 0.6) is 5.75 Å². The molecule has 3 aromatic rings. The molecule has 0 unspecified atom stereocenters. The Bertz CT molecular complexity index is 1180. The van der Waals surface area contributed by atoms with Crippen LogP contribution in [-0.4, -0.2) is 35.4 Å². The molecule has 6 heteroatoms. The fraction of sp³-hybridized carbons (Fsp3) is 0.375. The summed E-state index contributed by atoms with van der Waals surface area (Å²) in [6, 6.07) is 24.5. The van der Waals surface area contributed by atoms with Crippen molar-refractivity contribution in [3.8, 4) is 5.75 Å². The highest BCUT2D eigenvalue weighted by molar-refractivity contribution is 6.31. The lowest BCUT2D eigenvalue weighted by Gasteiger charge is -2.33. The Balaban J connectivity index is 1.60. The number of nitrogens with one attached hydrogen (secondary N) is 1. The van der Waals surface area contributed by atoms with Crippen molar-refractivity contribution in [2.24, 2.45) is 0 Å². The lowest BCUT2D eigenvalue weighted by atomic mass is 9.94. The first-order valence-corrected chi connectivity index (χ1v) is 14.0. The fourth-order valence-corrected chi connectivity index (χ4v) is 5.15. The van der Waals surface area contributed by atoms with Crippen LogP contribution >= 0.6 is 11.6 Å². The monoisotopic (exact) mass is 532 g/mol. The molecule has 38 heavy (non-hydrogen) atoms. The van der Waals surface area contributed by atoms with E-state index >= 15 is 0 Å². The zero-order valence-corrected chi connectivity index (χ0v) is 22.8. The maximum atomic E-state index is 13.8. The Morgan fingerprint density at radius 1 is 0.921 bits per heavy atom. The third-order valence-corrected chi connectivity index (χ3v) is 7.58. The molecule has 4 rings (SSSR count). The van der Waals surface area contributed by atoms with Crippen LogP contribution in [0.15, 0.2) is 78.9 Å². The maximum Gasteiger partial charge on any atom is 0.261 e. The largest absolute Gasteiger partial charge is 0.484 e. The highest BCUT2D eigenvalue weighted by atomic mass is 35.5. The van der Waals surface area contributed by atoms with Gasteiger partial charge in [-0.2, -0.15) is 0 Å². The van der Waals surface area contributed by atoms with Crippen molar-refractivity contribution in [1.82, 2.24) is 10.2 Å². The molecule has 1 aliphatic carbocycles. The molecule has 200 valence electrons. The summed E-state index contributed by atoms with van der Waals surface area (Å²) in [4.78, 5) is 29.2. The van der Waals surface area contributed by atoms with E-state index in [1.165, 1.54) is 12.0 Å². The number of amides is 2. The number of rotatable bonds is 11. The number of carbonyl (C=O) groups is 2. The smallest absolute Gasteiger partial charge is 0.261 e. The number of nitrogens with zero attached hydrogens (tertiary/aromatic N) is 1. The van der Waals surface area contributed by atoms with E-state index in [0.717, 1.165) is 43.2 Å². The van der Waals surface area contributed by atoms with Gasteiger partial charge in [0.1, 0.15) is 11.8 Å². The summed E-state index contributed by atoms with van der Waals surface area (Å²) >= 11 is 6.50. The minimum atomic E-state index is -0.700. The predicted molar refractivity (Wildman–Crippen MR) is 152 cm³/mol. The van der Waals surface area contributed by atoms with Gasteiger partial charge in [0.25, 0.3) is 5.91 Å². The van der Waals surface area contributed by atoms with Gasteiger partial charge in [-0.25, -0.2) is 0 Å². The standard InChI is InChI=1S/C32H37ClN2O3/c1-2-24-17-19-28(20-18-24)38-23-31(36)35(22-26-13-9-10-16-29(26)33)30(21-25-11-5-3-6-12-25)32(37)34-27-14-7-4-8-15-27/h3,5-6,9-13,16-20,27,30H,2,4,7-8,14-15,21-23H2,1H3,(H,34,37)/t30-/m0/s1. The average Bonchev–Trinajstić information content (AvgIpc) is 2.96. The molecule has 1 aliphatic rings. The van der Waals surface area contributed by atoms with E-state index < -0.39 is 6.04 Å². The zero-order chi connectivity index (χ0) is 26.7. The molecular weight excluding hydrogens is 496 g/mol. The second-order valence-corrected chi connectivity index (χ2v) is 10.4. The van der Waals surface area contributed by atoms with E-state index in [0.29, 0.717) is 17.2 Å². The Labute approximate surface area is 231 Å². The van der Waals surface area contributed by atoms with Gasteiger partial charge in [-0.15, -0.1) is 0 Å². The molecule has 0 spiro atoms. The van der Waals surface area contributed by atoms with Gasteiger partial charge in [0, 0.05) is 24.0 Å². The van der Waals surface area contributed by atoms with Gasteiger partial charge in [-0.3, -0.25) is 9.59 Å². The summed E-state index contributed by atoms with van der Waals surface area (Å²) in [5, 5.41) is 3.82. The molecule has 0 bridgehead atoms. The van der Waals surface area contributed by atoms with Gasteiger partial charge in [-0.1, -0.05) is 98.5 Å². The normalized spacial score (nSPS) is 14.5.